The standard InChI is InChI=1S/C13H29NO3/c1-11(2)9-16-7-8-17-10-12(14-5)13(3,4)15-6/h11-12,14H,7-10H2,1-6H3. The van der Waals surface area contributed by atoms with Gasteiger partial charge in [-0.2, -0.15) is 0 Å². The molecule has 0 aromatic heterocycles. The Balaban J connectivity index is 3.64. The van der Waals surface area contributed by atoms with Crippen LogP contribution < -0.4 is 5.32 Å². The van der Waals surface area contributed by atoms with Gasteiger partial charge in [-0.25, -0.2) is 0 Å². The molecule has 0 saturated heterocycles. The molecule has 0 saturated carbocycles. The average Bonchev–Trinajstić information content (AvgIpc) is 2.27. The lowest BCUT2D eigenvalue weighted by atomic mass is 10.00. The molecule has 0 radical (unpaired) electrons. The first kappa shape index (κ1) is 16.8. The van der Waals surface area contributed by atoms with Crippen LogP contribution >= 0.6 is 0 Å². The number of rotatable bonds is 10. The molecule has 0 rings (SSSR count). The third-order valence-corrected chi connectivity index (χ3v) is 2.82. The first-order valence-corrected chi connectivity index (χ1v) is 6.32. The zero-order valence-electron chi connectivity index (χ0n) is 12.2. The molecule has 0 aliphatic heterocycles. The van der Waals surface area contributed by atoms with Crippen molar-refractivity contribution in [2.75, 3.05) is 40.6 Å². The van der Waals surface area contributed by atoms with Crippen molar-refractivity contribution in [2.24, 2.45) is 5.92 Å². The van der Waals surface area contributed by atoms with E-state index >= 15 is 0 Å². The van der Waals surface area contributed by atoms with Crippen LogP contribution in [0, 0.1) is 5.92 Å². The Morgan fingerprint density at radius 1 is 1.06 bits per heavy atom. The van der Waals surface area contributed by atoms with Crippen LogP contribution in [-0.4, -0.2) is 52.2 Å². The molecule has 0 aliphatic rings. The molecule has 0 fully saturated rings. The number of nitrogens with one attached hydrogen (secondary N) is 1. The van der Waals surface area contributed by atoms with E-state index in [0.717, 1.165) is 6.61 Å². The summed E-state index contributed by atoms with van der Waals surface area (Å²) in [5.41, 5.74) is -0.229. The van der Waals surface area contributed by atoms with Gasteiger partial charge in [-0.3, -0.25) is 0 Å². The number of ether oxygens (including phenoxy) is 3. The highest BCUT2D eigenvalue weighted by Gasteiger charge is 2.27. The average molecular weight is 247 g/mol. The molecule has 4 heteroatoms. The number of hydrogen-bond donors (Lipinski definition) is 1. The van der Waals surface area contributed by atoms with Crippen molar-refractivity contribution in [3.05, 3.63) is 0 Å². The van der Waals surface area contributed by atoms with Crippen LogP contribution in [0.2, 0.25) is 0 Å². The second-order valence-corrected chi connectivity index (χ2v) is 5.19. The van der Waals surface area contributed by atoms with Gasteiger partial charge in [-0.05, 0) is 26.8 Å². The number of hydrogen-bond acceptors (Lipinski definition) is 4. The van der Waals surface area contributed by atoms with E-state index in [9.17, 15) is 0 Å². The molecule has 0 heterocycles. The van der Waals surface area contributed by atoms with Crippen LogP contribution in [0.1, 0.15) is 27.7 Å². The van der Waals surface area contributed by atoms with Crippen LogP contribution in [0.15, 0.2) is 0 Å². The Morgan fingerprint density at radius 2 is 1.59 bits per heavy atom. The Labute approximate surface area is 106 Å². The molecule has 0 aromatic rings. The minimum atomic E-state index is -0.229. The first-order valence-electron chi connectivity index (χ1n) is 6.32. The molecule has 104 valence electrons. The predicted molar refractivity (Wildman–Crippen MR) is 70.4 cm³/mol. The van der Waals surface area contributed by atoms with Crippen molar-refractivity contribution in [3.8, 4) is 0 Å². The monoisotopic (exact) mass is 247 g/mol. The van der Waals surface area contributed by atoms with E-state index in [4.69, 9.17) is 14.2 Å². The summed E-state index contributed by atoms with van der Waals surface area (Å²) in [4.78, 5) is 0. The van der Waals surface area contributed by atoms with Gasteiger partial charge in [0, 0.05) is 13.7 Å². The molecule has 0 bridgehead atoms. The van der Waals surface area contributed by atoms with Gasteiger partial charge >= 0.3 is 0 Å². The van der Waals surface area contributed by atoms with Crippen LogP contribution in [0.4, 0.5) is 0 Å². The Morgan fingerprint density at radius 3 is 2.00 bits per heavy atom. The molecule has 1 N–H and O–H groups in total. The topological polar surface area (TPSA) is 39.7 Å². The minimum absolute atomic E-state index is 0.178. The molecule has 0 aromatic carbocycles. The van der Waals surface area contributed by atoms with Gasteiger partial charge < -0.3 is 19.5 Å². The molecular formula is C13H29NO3. The summed E-state index contributed by atoms with van der Waals surface area (Å²) in [7, 11) is 3.64. The molecule has 17 heavy (non-hydrogen) atoms. The predicted octanol–water partition coefficient (Wildman–Crippen LogP) is 1.69. The summed E-state index contributed by atoms with van der Waals surface area (Å²) in [6, 6.07) is 0.178. The maximum atomic E-state index is 5.59. The van der Waals surface area contributed by atoms with Crippen LogP contribution in [0.25, 0.3) is 0 Å². The van der Waals surface area contributed by atoms with Crippen molar-refractivity contribution < 1.29 is 14.2 Å². The van der Waals surface area contributed by atoms with Crippen molar-refractivity contribution >= 4 is 0 Å². The lowest BCUT2D eigenvalue weighted by molar-refractivity contribution is -0.0444. The van der Waals surface area contributed by atoms with Crippen LogP contribution in [0.5, 0.6) is 0 Å². The summed E-state index contributed by atoms with van der Waals surface area (Å²) in [6.07, 6.45) is 0. The lowest BCUT2D eigenvalue weighted by Crippen LogP contribution is -2.49. The Hall–Kier alpha value is -0.160. The largest absolute Gasteiger partial charge is 0.379 e. The molecule has 4 nitrogen and oxygen atoms in total. The lowest BCUT2D eigenvalue weighted by Gasteiger charge is -2.32. The van der Waals surface area contributed by atoms with Crippen molar-refractivity contribution in [3.63, 3.8) is 0 Å². The van der Waals surface area contributed by atoms with E-state index in [1.54, 1.807) is 7.11 Å². The van der Waals surface area contributed by atoms with E-state index in [-0.39, 0.29) is 11.6 Å². The van der Waals surface area contributed by atoms with Crippen molar-refractivity contribution in [1.82, 2.24) is 5.32 Å². The molecule has 1 atom stereocenters. The van der Waals surface area contributed by atoms with Gasteiger partial charge in [0.2, 0.25) is 0 Å². The summed E-state index contributed by atoms with van der Waals surface area (Å²) >= 11 is 0. The fourth-order valence-corrected chi connectivity index (χ4v) is 1.41. The fraction of sp³-hybridized carbons (Fsp3) is 1.00. The van der Waals surface area contributed by atoms with E-state index in [1.807, 2.05) is 20.9 Å². The summed E-state index contributed by atoms with van der Waals surface area (Å²) in [5, 5.41) is 3.21. The van der Waals surface area contributed by atoms with E-state index < -0.39 is 0 Å². The second kappa shape index (κ2) is 8.86. The van der Waals surface area contributed by atoms with Gasteiger partial charge in [0.1, 0.15) is 0 Å². The highest BCUT2D eigenvalue weighted by atomic mass is 16.5. The normalized spacial score (nSPS) is 14.3. The van der Waals surface area contributed by atoms with Gasteiger partial charge in [-0.15, -0.1) is 0 Å². The molecular weight excluding hydrogens is 218 g/mol. The minimum Gasteiger partial charge on any atom is -0.379 e. The maximum Gasteiger partial charge on any atom is 0.0797 e. The number of methoxy groups -OCH3 is 1. The van der Waals surface area contributed by atoms with Crippen molar-refractivity contribution in [1.29, 1.82) is 0 Å². The van der Waals surface area contributed by atoms with Gasteiger partial charge in [0.15, 0.2) is 0 Å². The third-order valence-electron chi connectivity index (χ3n) is 2.82. The number of likely N-dealkylation sites (N-methyl/N-ethyl adjacent to an activating group) is 1. The maximum absolute atomic E-state index is 5.59. The van der Waals surface area contributed by atoms with Gasteiger partial charge in [0.05, 0.1) is 31.5 Å². The highest BCUT2D eigenvalue weighted by Crippen LogP contribution is 2.13. The van der Waals surface area contributed by atoms with Crippen molar-refractivity contribution in [2.45, 2.75) is 39.3 Å². The quantitative estimate of drug-likeness (QED) is 0.596. The van der Waals surface area contributed by atoms with E-state index in [0.29, 0.717) is 25.7 Å². The highest BCUT2D eigenvalue weighted by molar-refractivity contribution is 4.84. The third kappa shape index (κ3) is 7.71. The Bertz CT molecular complexity index is 184. The smallest absolute Gasteiger partial charge is 0.0797 e. The molecule has 0 amide bonds. The fourth-order valence-electron chi connectivity index (χ4n) is 1.41. The zero-order chi connectivity index (χ0) is 13.3. The van der Waals surface area contributed by atoms with E-state index in [1.165, 1.54) is 0 Å². The van der Waals surface area contributed by atoms with E-state index in [2.05, 4.69) is 19.2 Å². The molecule has 0 spiro atoms. The molecule has 1 unspecified atom stereocenters. The van der Waals surface area contributed by atoms with Crippen LogP contribution in [0.3, 0.4) is 0 Å². The van der Waals surface area contributed by atoms with Gasteiger partial charge in [0.25, 0.3) is 0 Å². The summed E-state index contributed by atoms with van der Waals surface area (Å²) < 4.78 is 16.5. The zero-order valence-corrected chi connectivity index (χ0v) is 12.2. The summed E-state index contributed by atoms with van der Waals surface area (Å²) in [6.45, 7) is 11.1. The SMILES string of the molecule is CNC(COCCOCC(C)C)C(C)(C)OC. The summed E-state index contributed by atoms with van der Waals surface area (Å²) in [5.74, 6) is 0.576. The Kier molecular flexibility index (Phi) is 8.78. The first-order chi connectivity index (χ1) is 7.94. The van der Waals surface area contributed by atoms with Gasteiger partial charge in [-0.1, -0.05) is 13.8 Å². The van der Waals surface area contributed by atoms with Crippen LogP contribution in [-0.2, 0) is 14.2 Å². The second-order valence-electron chi connectivity index (χ2n) is 5.19. The molecule has 0 aliphatic carbocycles.